The Hall–Kier alpha value is -5.38. The van der Waals surface area contributed by atoms with Crippen molar-refractivity contribution in [3.63, 3.8) is 0 Å². The molecule has 0 saturated carbocycles. The van der Waals surface area contributed by atoms with Gasteiger partial charge in [0.05, 0.1) is 38.0 Å². The second-order valence-corrected chi connectivity index (χ2v) is 11.0. The third kappa shape index (κ3) is 4.56. The lowest BCUT2D eigenvalue weighted by Gasteiger charge is -2.51. The van der Waals surface area contributed by atoms with Crippen LogP contribution in [0.4, 0.5) is 11.4 Å². The van der Waals surface area contributed by atoms with E-state index >= 15 is 4.79 Å². The fourth-order valence-electron chi connectivity index (χ4n) is 6.47. The lowest BCUT2D eigenvalue weighted by molar-refractivity contribution is -0.142. The van der Waals surface area contributed by atoms with Crippen molar-refractivity contribution in [1.29, 1.82) is 10.5 Å². The summed E-state index contributed by atoms with van der Waals surface area (Å²) >= 11 is 6.26. The van der Waals surface area contributed by atoms with Gasteiger partial charge in [0.15, 0.2) is 5.41 Å². The van der Waals surface area contributed by atoms with E-state index in [1.54, 1.807) is 91.0 Å². The highest BCUT2D eigenvalue weighted by Gasteiger charge is 2.75. The summed E-state index contributed by atoms with van der Waals surface area (Å²) in [5, 5.41) is 22.9. The van der Waals surface area contributed by atoms with Crippen molar-refractivity contribution in [3.05, 3.63) is 112 Å². The third-order valence-electron chi connectivity index (χ3n) is 8.25. The Labute approximate surface area is 266 Å². The molecule has 10 heteroatoms. The SMILES string of the molecule is CCCN1C(=O)[C@]2(C(C(=O)OC)=C(C(=O)OC)N(c3ccccc3)[C@H](/C=C/c3cccc(Cl)c3)C2(C#N)C#N)c2ccccc21. The zero-order chi connectivity index (χ0) is 32.4. The Kier molecular flexibility index (Phi) is 8.50. The summed E-state index contributed by atoms with van der Waals surface area (Å²) in [4.78, 5) is 45.9. The van der Waals surface area contributed by atoms with E-state index in [0.29, 0.717) is 28.4 Å². The van der Waals surface area contributed by atoms with E-state index in [-0.39, 0.29) is 17.8 Å². The van der Waals surface area contributed by atoms with Crippen LogP contribution in [-0.2, 0) is 29.3 Å². The molecule has 1 spiro atoms. The first kappa shape index (κ1) is 31.1. The van der Waals surface area contributed by atoms with Gasteiger partial charge in [-0.3, -0.25) is 4.79 Å². The minimum absolute atomic E-state index is 0.234. The molecule has 0 radical (unpaired) electrons. The van der Waals surface area contributed by atoms with E-state index in [2.05, 4.69) is 12.1 Å². The average Bonchev–Trinajstić information content (AvgIpc) is 3.31. The number of methoxy groups -OCH3 is 2. The van der Waals surface area contributed by atoms with Gasteiger partial charge in [0, 0.05) is 22.9 Å². The van der Waals surface area contributed by atoms with Crippen molar-refractivity contribution < 1.29 is 23.9 Å². The normalized spacial score (nSPS) is 20.1. The highest BCUT2D eigenvalue weighted by atomic mass is 35.5. The number of anilines is 2. The largest absolute Gasteiger partial charge is 0.466 e. The number of hydrogen-bond donors (Lipinski definition) is 0. The highest BCUT2D eigenvalue weighted by Crippen LogP contribution is 2.62. The molecule has 2 heterocycles. The number of fused-ring (bicyclic) bond motifs is 2. The number of amides is 1. The van der Waals surface area contributed by atoms with Crippen LogP contribution in [0, 0.1) is 28.1 Å². The van der Waals surface area contributed by atoms with Crippen LogP contribution in [-0.4, -0.2) is 44.7 Å². The van der Waals surface area contributed by atoms with E-state index < -0.39 is 40.3 Å². The number of carbonyl (C=O) groups excluding carboxylic acids is 3. The average molecular weight is 621 g/mol. The number of nitrogens with zero attached hydrogens (tertiary/aromatic N) is 4. The number of nitriles is 2. The summed E-state index contributed by atoms with van der Waals surface area (Å²) in [7, 11) is 2.27. The van der Waals surface area contributed by atoms with Gasteiger partial charge in [-0.15, -0.1) is 0 Å². The Morgan fingerprint density at radius 1 is 0.956 bits per heavy atom. The molecule has 0 fully saturated rings. The number of ether oxygens (including phenoxy) is 2. The molecule has 5 rings (SSSR count). The third-order valence-corrected chi connectivity index (χ3v) is 8.49. The lowest BCUT2D eigenvalue weighted by Crippen LogP contribution is -2.67. The Morgan fingerprint density at radius 3 is 2.24 bits per heavy atom. The van der Waals surface area contributed by atoms with E-state index in [4.69, 9.17) is 21.1 Å². The summed E-state index contributed by atoms with van der Waals surface area (Å²) in [6.07, 6.45) is 3.79. The maximum absolute atomic E-state index is 15.0. The Bertz CT molecular complexity index is 1810. The number of halogens is 1. The van der Waals surface area contributed by atoms with Crippen molar-refractivity contribution >= 4 is 46.9 Å². The zero-order valence-electron chi connectivity index (χ0n) is 24.9. The van der Waals surface area contributed by atoms with Crippen LogP contribution >= 0.6 is 11.6 Å². The molecule has 0 unspecified atom stereocenters. The van der Waals surface area contributed by atoms with Crippen LogP contribution in [0.15, 0.2) is 96.2 Å². The molecular weight excluding hydrogens is 592 g/mol. The van der Waals surface area contributed by atoms with E-state index in [0.717, 1.165) is 14.2 Å². The van der Waals surface area contributed by atoms with Gasteiger partial charge >= 0.3 is 11.9 Å². The maximum Gasteiger partial charge on any atom is 0.355 e. The second kappa shape index (κ2) is 12.3. The van der Waals surface area contributed by atoms with Crippen LogP contribution in [0.25, 0.3) is 6.08 Å². The van der Waals surface area contributed by atoms with Gasteiger partial charge in [-0.2, -0.15) is 10.5 Å². The van der Waals surface area contributed by atoms with E-state index in [1.165, 1.54) is 9.80 Å². The van der Waals surface area contributed by atoms with Gasteiger partial charge in [0.25, 0.3) is 0 Å². The van der Waals surface area contributed by atoms with Crippen molar-refractivity contribution in [2.45, 2.75) is 24.8 Å². The maximum atomic E-state index is 15.0. The first-order valence-electron chi connectivity index (χ1n) is 14.2. The van der Waals surface area contributed by atoms with E-state index in [1.807, 2.05) is 6.92 Å². The monoisotopic (exact) mass is 620 g/mol. The predicted molar refractivity (Wildman–Crippen MR) is 169 cm³/mol. The molecule has 0 bridgehead atoms. The summed E-state index contributed by atoms with van der Waals surface area (Å²) in [5.74, 6) is -2.70. The zero-order valence-corrected chi connectivity index (χ0v) is 25.6. The fraction of sp³-hybridized carbons (Fsp3) is 0.229. The second-order valence-electron chi connectivity index (χ2n) is 10.5. The molecule has 3 aromatic carbocycles. The van der Waals surface area contributed by atoms with Crippen LogP contribution in [0.2, 0.25) is 5.02 Å². The molecule has 3 aromatic rings. The number of carbonyl (C=O) groups is 3. The summed E-state index contributed by atoms with van der Waals surface area (Å²) in [5.41, 5.74) is -3.71. The minimum Gasteiger partial charge on any atom is -0.466 e. The molecular formula is C35H29ClN4O5. The van der Waals surface area contributed by atoms with Gasteiger partial charge in [-0.1, -0.05) is 79.2 Å². The summed E-state index contributed by atoms with van der Waals surface area (Å²) in [6.45, 7) is 2.12. The van der Waals surface area contributed by atoms with E-state index in [9.17, 15) is 20.1 Å². The van der Waals surface area contributed by atoms with Crippen LogP contribution in [0.3, 0.4) is 0 Å². The van der Waals surface area contributed by atoms with Gasteiger partial charge < -0.3 is 19.3 Å². The minimum atomic E-state index is -2.32. The molecule has 0 aliphatic carbocycles. The molecule has 226 valence electrons. The molecule has 0 saturated heterocycles. The van der Waals surface area contributed by atoms with Gasteiger partial charge in [-0.25, -0.2) is 9.59 Å². The number of benzene rings is 3. The van der Waals surface area contributed by atoms with Crippen LogP contribution in [0.5, 0.6) is 0 Å². The van der Waals surface area contributed by atoms with Crippen LogP contribution < -0.4 is 9.80 Å². The smallest absolute Gasteiger partial charge is 0.355 e. The molecule has 0 aromatic heterocycles. The molecule has 9 nitrogen and oxygen atoms in total. The predicted octanol–water partition coefficient (Wildman–Crippen LogP) is 5.57. The van der Waals surface area contributed by atoms with Gasteiger partial charge in [0.1, 0.15) is 11.1 Å². The summed E-state index contributed by atoms with van der Waals surface area (Å²) < 4.78 is 10.5. The van der Waals surface area contributed by atoms with Crippen LogP contribution in [0.1, 0.15) is 24.5 Å². The molecule has 2 aliphatic heterocycles. The van der Waals surface area contributed by atoms with Crippen molar-refractivity contribution in [1.82, 2.24) is 0 Å². The van der Waals surface area contributed by atoms with Crippen molar-refractivity contribution in [3.8, 4) is 12.1 Å². The number of para-hydroxylation sites is 2. The summed E-state index contributed by atoms with van der Waals surface area (Å²) in [6, 6.07) is 25.2. The molecule has 0 N–H and O–H groups in total. The Balaban J connectivity index is 2.02. The molecule has 2 atom stereocenters. The Morgan fingerprint density at radius 2 is 1.62 bits per heavy atom. The first-order valence-corrected chi connectivity index (χ1v) is 14.6. The first-order chi connectivity index (χ1) is 21.8. The number of hydrogen-bond acceptors (Lipinski definition) is 8. The van der Waals surface area contributed by atoms with Crippen molar-refractivity contribution in [2.24, 2.45) is 5.41 Å². The molecule has 45 heavy (non-hydrogen) atoms. The fourth-order valence-corrected chi connectivity index (χ4v) is 6.67. The molecule has 2 aliphatic rings. The van der Waals surface area contributed by atoms with Gasteiger partial charge in [0.2, 0.25) is 5.91 Å². The number of esters is 2. The highest BCUT2D eigenvalue weighted by molar-refractivity contribution is 6.30. The topological polar surface area (TPSA) is 124 Å². The van der Waals surface area contributed by atoms with Crippen molar-refractivity contribution in [2.75, 3.05) is 30.6 Å². The molecule has 1 amide bonds. The standard InChI is InChI=1S/C35H29ClN4O5/c1-4-19-39-27-16-9-8-15-26(27)35(33(39)43)29(31(41)44-2)30(32(42)45-3)40(25-13-6-5-7-14-25)28(34(35,21-37)22-38)18-17-23-11-10-12-24(36)20-23/h5-18,20,28H,4,19H2,1-3H3/b18-17+/t28-,35-/m1/s1. The quantitative estimate of drug-likeness (QED) is 0.314. The van der Waals surface area contributed by atoms with Gasteiger partial charge in [-0.05, 0) is 47.9 Å². The number of rotatable bonds is 7. The lowest BCUT2D eigenvalue weighted by atomic mass is 9.52.